The molecule has 0 spiro atoms. The molecule has 0 saturated carbocycles. The predicted octanol–water partition coefficient (Wildman–Crippen LogP) is 3.31. The third-order valence-corrected chi connectivity index (χ3v) is 7.16. The second-order valence-corrected chi connectivity index (χ2v) is 8.64. The third-order valence-electron chi connectivity index (χ3n) is 4.66. The lowest BCUT2D eigenvalue weighted by molar-refractivity contribution is -0.147. The molecule has 1 aliphatic rings. The molecule has 26 heavy (non-hydrogen) atoms. The minimum Gasteiger partial charge on any atom is -0.465 e. The first-order chi connectivity index (χ1) is 12.4. The van der Waals surface area contributed by atoms with Crippen LogP contribution >= 0.6 is 0 Å². The minimum atomic E-state index is -4.00. The number of piperidine rings is 1. The molecule has 1 aliphatic heterocycles. The minimum absolute atomic E-state index is 0.0538. The van der Waals surface area contributed by atoms with Gasteiger partial charge in [-0.3, -0.25) is 4.79 Å². The van der Waals surface area contributed by atoms with Gasteiger partial charge < -0.3 is 9.64 Å². The number of carbonyl (C=O) groups is 1. The molecule has 0 N–H and O–H groups in total. The highest BCUT2D eigenvalue weighted by Crippen LogP contribution is 2.37. The lowest BCUT2D eigenvalue weighted by Gasteiger charge is -2.38. The average molecular weight is 383 g/mol. The van der Waals surface area contributed by atoms with Crippen molar-refractivity contribution >= 4 is 15.8 Å². The molecule has 0 atom stereocenters. The molecule has 0 unspecified atom stereocenters. The van der Waals surface area contributed by atoms with Crippen molar-refractivity contribution in [1.82, 2.24) is 4.90 Å². The van der Waals surface area contributed by atoms with Crippen LogP contribution in [0.1, 0.15) is 39.5 Å². The van der Waals surface area contributed by atoms with Crippen molar-refractivity contribution in [3.63, 3.8) is 0 Å². The zero-order valence-electron chi connectivity index (χ0n) is 15.3. The molecular weight excluding hydrogens is 357 g/mol. The van der Waals surface area contributed by atoms with Gasteiger partial charge in [0.15, 0.2) is 14.6 Å². The average Bonchev–Trinajstić information content (AvgIpc) is 2.63. The van der Waals surface area contributed by atoms with Crippen molar-refractivity contribution in [3.8, 4) is 0 Å². The van der Waals surface area contributed by atoms with E-state index >= 15 is 0 Å². The van der Waals surface area contributed by atoms with E-state index in [1.54, 1.807) is 6.92 Å². The van der Waals surface area contributed by atoms with Gasteiger partial charge in [0.25, 0.3) is 0 Å². The number of carbonyl (C=O) groups excluding carboxylic acids is 1. The number of nitrogens with zero attached hydrogens (tertiary/aromatic N) is 1. The van der Waals surface area contributed by atoms with Crippen LogP contribution in [0.15, 0.2) is 41.4 Å². The fourth-order valence-electron chi connectivity index (χ4n) is 3.11. The van der Waals surface area contributed by atoms with Gasteiger partial charge in [-0.2, -0.15) is 0 Å². The second kappa shape index (κ2) is 8.66. The molecular formula is C19H26FNO4S. The van der Waals surface area contributed by atoms with Gasteiger partial charge in [-0.05, 0) is 56.7 Å². The summed E-state index contributed by atoms with van der Waals surface area (Å²) in [6, 6.07) is 4.60. The summed E-state index contributed by atoms with van der Waals surface area (Å²) in [7, 11) is -4.00. The van der Waals surface area contributed by atoms with E-state index < -0.39 is 26.4 Å². The molecule has 1 saturated heterocycles. The maximum atomic E-state index is 13.2. The highest BCUT2D eigenvalue weighted by Gasteiger charge is 2.53. The molecule has 7 heteroatoms. The number of unbranched alkanes of at least 4 members (excludes halogenated alkanes) is 1. The number of hydrogen-bond acceptors (Lipinski definition) is 5. The number of hydrogen-bond donors (Lipinski definition) is 0. The summed E-state index contributed by atoms with van der Waals surface area (Å²) in [5.41, 5.74) is 0. The van der Waals surface area contributed by atoms with Crippen LogP contribution in [0.2, 0.25) is 0 Å². The van der Waals surface area contributed by atoms with Crippen molar-refractivity contribution in [1.29, 1.82) is 0 Å². The number of halogens is 1. The van der Waals surface area contributed by atoms with E-state index in [4.69, 9.17) is 4.74 Å². The maximum absolute atomic E-state index is 13.2. The summed E-state index contributed by atoms with van der Waals surface area (Å²) in [6.45, 7) is 4.73. The highest BCUT2D eigenvalue weighted by molar-refractivity contribution is 7.93. The summed E-state index contributed by atoms with van der Waals surface area (Å²) in [6.07, 6.45) is 6.28. The van der Waals surface area contributed by atoms with Gasteiger partial charge in [0.1, 0.15) is 5.82 Å². The first-order valence-electron chi connectivity index (χ1n) is 8.95. The van der Waals surface area contributed by atoms with E-state index in [0.717, 1.165) is 25.0 Å². The SMILES string of the molecule is CCCC=CN1CCC(C(=O)OCC)(S(=O)(=O)c2ccc(F)cc2)CC1. The van der Waals surface area contributed by atoms with Gasteiger partial charge in [-0.25, -0.2) is 12.8 Å². The molecule has 1 aromatic rings. The van der Waals surface area contributed by atoms with Gasteiger partial charge >= 0.3 is 5.97 Å². The smallest absolute Gasteiger partial charge is 0.328 e. The van der Waals surface area contributed by atoms with Crippen LogP contribution in [0.3, 0.4) is 0 Å². The maximum Gasteiger partial charge on any atom is 0.328 e. The molecule has 0 bridgehead atoms. The predicted molar refractivity (Wildman–Crippen MR) is 97.8 cm³/mol. The second-order valence-electron chi connectivity index (χ2n) is 6.38. The molecule has 0 radical (unpaired) electrons. The molecule has 1 fully saturated rings. The summed E-state index contributed by atoms with van der Waals surface area (Å²) >= 11 is 0. The molecule has 5 nitrogen and oxygen atoms in total. The van der Waals surface area contributed by atoms with E-state index in [9.17, 15) is 17.6 Å². The van der Waals surface area contributed by atoms with Crippen LogP contribution in [-0.2, 0) is 19.4 Å². The lowest BCUT2D eigenvalue weighted by atomic mass is 9.96. The largest absolute Gasteiger partial charge is 0.465 e. The Morgan fingerprint density at radius 3 is 2.38 bits per heavy atom. The topological polar surface area (TPSA) is 63.7 Å². The quantitative estimate of drug-likeness (QED) is 0.534. The van der Waals surface area contributed by atoms with Crippen molar-refractivity contribution in [2.45, 2.75) is 49.2 Å². The summed E-state index contributed by atoms with van der Waals surface area (Å²) in [5, 5.41) is 0. The summed E-state index contributed by atoms with van der Waals surface area (Å²) < 4.78 is 43.2. The normalized spacial score (nSPS) is 17.4. The zero-order valence-corrected chi connectivity index (χ0v) is 16.1. The molecule has 0 aromatic heterocycles. The fraction of sp³-hybridized carbons (Fsp3) is 0.526. The van der Waals surface area contributed by atoms with Crippen LogP contribution in [-0.4, -0.2) is 43.7 Å². The number of allylic oxidation sites excluding steroid dienone is 1. The van der Waals surface area contributed by atoms with Crippen LogP contribution in [0.5, 0.6) is 0 Å². The van der Waals surface area contributed by atoms with Gasteiger partial charge in [0.2, 0.25) is 0 Å². The Balaban J connectivity index is 2.32. The van der Waals surface area contributed by atoms with E-state index in [2.05, 4.69) is 6.92 Å². The standard InChI is InChI=1S/C19H26FNO4S/c1-3-5-6-13-21-14-11-19(12-15-21,18(22)25-4-2)26(23,24)17-9-7-16(20)8-10-17/h6-10,13H,3-5,11-12,14-15H2,1-2H3. The zero-order chi connectivity index (χ0) is 19.2. The third kappa shape index (κ3) is 4.09. The molecule has 1 heterocycles. The number of benzene rings is 1. The Labute approximate surface area is 154 Å². The number of rotatable bonds is 7. The Bertz CT molecular complexity index is 735. The molecule has 144 valence electrons. The molecule has 1 aromatic carbocycles. The fourth-order valence-corrected chi connectivity index (χ4v) is 5.05. The van der Waals surface area contributed by atoms with Gasteiger partial charge in [-0.1, -0.05) is 19.4 Å². The monoisotopic (exact) mass is 383 g/mol. The van der Waals surface area contributed by atoms with Gasteiger partial charge in [0, 0.05) is 13.1 Å². The Hall–Kier alpha value is -1.89. The van der Waals surface area contributed by atoms with Gasteiger partial charge in [0.05, 0.1) is 11.5 Å². The lowest BCUT2D eigenvalue weighted by Crippen LogP contribution is -2.54. The van der Waals surface area contributed by atoms with Crippen LogP contribution in [0, 0.1) is 5.82 Å². The van der Waals surface area contributed by atoms with Crippen molar-refractivity contribution < 1.29 is 22.3 Å². The van der Waals surface area contributed by atoms with Gasteiger partial charge in [-0.15, -0.1) is 0 Å². The van der Waals surface area contributed by atoms with E-state index in [1.165, 1.54) is 12.1 Å². The van der Waals surface area contributed by atoms with Crippen molar-refractivity contribution in [2.75, 3.05) is 19.7 Å². The number of likely N-dealkylation sites (tertiary alicyclic amines) is 1. The van der Waals surface area contributed by atoms with Crippen LogP contribution in [0.4, 0.5) is 4.39 Å². The summed E-state index contributed by atoms with van der Waals surface area (Å²) in [5.74, 6) is -1.24. The number of ether oxygens (including phenoxy) is 1. The van der Waals surface area contributed by atoms with E-state index in [-0.39, 0.29) is 24.3 Å². The Morgan fingerprint density at radius 1 is 1.23 bits per heavy atom. The van der Waals surface area contributed by atoms with E-state index in [1.807, 2.05) is 17.2 Å². The first kappa shape index (κ1) is 20.4. The number of esters is 1. The molecule has 2 rings (SSSR count). The van der Waals surface area contributed by atoms with E-state index in [0.29, 0.717) is 13.1 Å². The first-order valence-corrected chi connectivity index (χ1v) is 10.4. The molecule has 0 aliphatic carbocycles. The Morgan fingerprint density at radius 2 is 1.85 bits per heavy atom. The van der Waals surface area contributed by atoms with Crippen LogP contribution in [0.25, 0.3) is 0 Å². The highest BCUT2D eigenvalue weighted by atomic mass is 32.2. The van der Waals surface area contributed by atoms with Crippen molar-refractivity contribution in [2.24, 2.45) is 0 Å². The molecule has 0 amide bonds. The number of sulfone groups is 1. The van der Waals surface area contributed by atoms with Crippen LogP contribution < -0.4 is 0 Å². The Kier molecular flexibility index (Phi) is 6.81. The van der Waals surface area contributed by atoms with Crippen molar-refractivity contribution in [3.05, 3.63) is 42.4 Å². The summed E-state index contributed by atoms with van der Waals surface area (Å²) in [4.78, 5) is 14.6.